The summed E-state index contributed by atoms with van der Waals surface area (Å²) in [6, 6.07) is 4.65. The molecule has 3 rings (SSSR count). The van der Waals surface area contributed by atoms with Crippen molar-refractivity contribution >= 4 is 11.8 Å². The second-order valence-corrected chi connectivity index (χ2v) is 7.27. The fourth-order valence-corrected chi connectivity index (χ4v) is 3.81. The Hall–Kier alpha value is -2.08. The van der Waals surface area contributed by atoms with Gasteiger partial charge in [0.15, 0.2) is 0 Å². The number of amides is 2. The number of carbonyl (C=O) groups is 2. The largest absolute Gasteiger partial charge is 0.326 e. The monoisotopic (exact) mass is 328 g/mol. The Morgan fingerprint density at radius 1 is 0.792 bits per heavy atom. The van der Waals surface area contributed by atoms with Crippen LogP contribution in [0, 0.1) is 34.5 Å². The van der Waals surface area contributed by atoms with Gasteiger partial charge in [-0.3, -0.25) is 9.59 Å². The average Bonchev–Trinajstić information content (AvgIpc) is 3.49. The molecule has 3 fully saturated rings. The van der Waals surface area contributed by atoms with E-state index in [1.165, 1.54) is 0 Å². The van der Waals surface area contributed by atoms with Crippen LogP contribution in [0.25, 0.3) is 0 Å². The molecule has 2 amide bonds. The molecule has 0 aliphatic heterocycles. The van der Waals surface area contributed by atoms with Crippen LogP contribution in [0.1, 0.15) is 51.4 Å². The van der Waals surface area contributed by atoms with E-state index in [2.05, 4.69) is 12.1 Å². The smallest absolute Gasteiger partial charge is 0.226 e. The van der Waals surface area contributed by atoms with Crippen LogP contribution in [0.2, 0.25) is 0 Å². The Morgan fingerprint density at radius 2 is 1.21 bits per heavy atom. The number of carbonyl (C=O) groups excluding carboxylic acids is 2. The number of hydrogen-bond acceptors (Lipinski definition) is 4. The molecule has 0 aromatic rings. The third kappa shape index (κ3) is 3.70. The number of rotatable bonds is 6. The van der Waals surface area contributed by atoms with Crippen LogP contribution in [0.15, 0.2) is 0 Å². The summed E-state index contributed by atoms with van der Waals surface area (Å²) in [5.41, 5.74) is 0. The van der Waals surface area contributed by atoms with Crippen molar-refractivity contribution in [2.45, 2.75) is 63.5 Å². The van der Waals surface area contributed by atoms with Crippen molar-refractivity contribution in [1.29, 1.82) is 10.5 Å². The summed E-state index contributed by atoms with van der Waals surface area (Å²) >= 11 is 0. The molecule has 0 spiro atoms. The minimum atomic E-state index is -0.148. The van der Waals surface area contributed by atoms with E-state index in [4.69, 9.17) is 10.5 Å². The van der Waals surface area contributed by atoms with Gasteiger partial charge in [-0.05, 0) is 44.9 Å². The minimum absolute atomic E-state index is 0.0507. The number of hydrogen-bond donors (Lipinski definition) is 0. The third-order valence-electron chi connectivity index (χ3n) is 5.40. The van der Waals surface area contributed by atoms with E-state index in [-0.39, 0.29) is 48.8 Å². The Kier molecular flexibility index (Phi) is 5.04. The van der Waals surface area contributed by atoms with Gasteiger partial charge in [0.1, 0.15) is 13.1 Å². The first-order valence-electron chi connectivity index (χ1n) is 9.00. The van der Waals surface area contributed by atoms with Crippen LogP contribution in [0.5, 0.6) is 0 Å². The topological polar surface area (TPSA) is 88.2 Å². The molecule has 0 radical (unpaired) electrons. The van der Waals surface area contributed by atoms with Gasteiger partial charge in [0.25, 0.3) is 0 Å². The first-order valence-corrected chi connectivity index (χ1v) is 9.00. The summed E-state index contributed by atoms with van der Waals surface area (Å²) in [6.07, 6.45) is 6.99. The van der Waals surface area contributed by atoms with Gasteiger partial charge in [-0.15, -0.1) is 0 Å². The number of nitriles is 2. The van der Waals surface area contributed by atoms with E-state index in [0.717, 1.165) is 44.9 Å². The Morgan fingerprint density at radius 3 is 1.54 bits per heavy atom. The molecule has 128 valence electrons. The first-order chi connectivity index (χ1) is 11.7. The Balaban J connectivity index is 1.63. The maximum Gasteiger partial charge on any atom is 0.226 e. The average molecular weight is 328 g/mol. The molecular weight excluding hydrogens is 304 g/mol. The zero-order valence-electron chi connectivity index (χ0n) is 14.0. The van der Waals surface area contributed by atoms with E-state index in [0.29, 0.717) is 6.42 Å². The third-order valence-corrected chi connectivity index (χ3v) is 5.40. The standard InChI is InChI=1S/C18H24N4O2/c19-8-10-21(15-4-5-15)17(23)13-2-1-3-14(12-13)18(24)22(11-9-20)16-6-7-16/h13-16H,1-7,10-12H2. The first kappa shape index (κ1) is 16.8. The van der Waals surface area contributed by atoms with E-state index in [9.17, 15) is 9.59 Å². The quantitative estimate of drug-likeness (QED) is 0.696. The molecule has 0 heterocycles. The van der Waals surface area contributed by atoms with Crippen molar-refractivity contribution in [2.24, 2.45) is 11.8 Å². The van der Waals surface area contributed by atoms with E-state index in [1.807, 2.05) is 0 Å². The Labute approximate surface area is 143 Å². The zero-order valence-corrected chi connectivity index (χ0v) is 14.0. The summed E-state index contributed by atoms with van der Waals surface area (Å²) in [6.45, 7) is 0.308. The van der Waals surface area contributed by atoms with Crippen molar-refractivity contribution in [2.75, 3.05) is 13.1 Å². The van der Waals surface area contributed by atoms with Crippen LogP contribution in [-0.2, 0) is 9.59 Å². The molecule has 6 nitrogen and oxygen atoms in total. The molecule has 2 unspecified atom stereocenters. The molecule has 3 saturated carbocycles. The lowest BCUT2D eigenvalue weighted by Gasteiger charge is -2.33. The lowest BCUT2D eigenvalue weighted by Crippen LogP contribution is -2.44. The number of nitrogens with zero attached hydrogens (tertiary/aromatic N) is 4. The van der Waals surface area contributed by atoms with Crippen LogP contribution in [0.4, 0.5) is 0 Å². The summed E-state index contributed by atoms with van der Waals surface area (Å²) < 4.78 is 0. The molecule has 6 heteroatoms. The van der Waals surface area contributed by atoms with Gasteiger partial charge in [0.05, 0.1) is 12.1 Å². The maximum absolute atomic E-state index is 12.8. The second-order valence-electron chi connectivity index (χ2n) is 7.27. The van der Waals surface area contributed by atoms with E-state index in [1.54, 1.807) is 9.80 Å². The fraction of sp³-hybridized carbons (Fsp3) is 0.778. The van der Waals surface area contributed by atoms with Crippen molar-refractivity contribution in [3.63, 3.8) is 0 Å². The van der Waals surface area contributed by atoms with Crippen LogP contribution in [0.3, 0.4) is 0 Å². The van der Waals surface area contributed by atoms with Crippen LogP contribution in [-0.4, -0.2) is 46.8 Å². The van der Waals surface area contributed by atoms with Crippen molar-refractivity contribution in [3.05, 3.63) is 0 Å². The molecule has 0 bridgehead atoms. The molecule has 3 aliphatic rings. The highest BCUT2D eigenvalue weighted by Crippen LogP contribution is 2.36. The van der Waals surface area contributed by atoms with Gasteiger partial charge in [0.2, 0.25) is 11.8 Å². The molecule has 0 aromatic heterocycles. The van der Waals surface area contributed by atoms with Crippen LogP contribution < -0.4 is 0 Å². The normalized spacial score (nSPS) is 26.1. The van der Waals surface area contributed by atoms with Crippen molar-refractivity contribution < 1.29 is 9.59 Å². The summed E-state index contributed by atoms with van der Waals surface area (Å²) in [5, 5.41) is 17.9. The van der Waals surface area contributed by atoms with Crippen molar-refractivity contribution in [3.8, 4) is 12.1 Å². The van der Waals surface area contributed by atoms with Gasteiger partial charge in [-0.2, -0.15) is 10.5 Å². The van der Waals surface area contributed by atoms with Gasteiger partial charge < -0.3 is 9.80 Å². The van der Waals surface area contributed by atoms with Gasteiger partial charge in [-0.25, -0.2) is 0 Å². The van der Waals surface area contributed by atoms with E-state index < -0.39 is 0 Å². The van der Waals surface area contributed by atoms with Gasteiger partial charge in [-0.1, -0.05) is 6.42 Å². The van der Waals surface area contributed by atoms with E-state index >= 15 is 0 Å². The molecule has 3 aliphatic carbocycles. The molecule has 0 saturated heterocycles. The van der Waals surface area contributed by atoms with Gasteiger partial charge >= 0.3 is 0 Å². The van der Waals surface area contributed by atoms with Crippen LogP contribution >= 0.6 is 0 Å². The molecule has 0 N–H and O–H groups in total. The summed E-state index contributed by atoms with van der Waals surface area (Å²) in [5.74, 6) is -0.195. The van der Waals surface area contributed by atoms with Crippen molar-refractivity contribution in [1.82, 2.24) is 9.80 Å². The second kappa shape index (κ2) is 7.21. The maximum atomic E-state index is 12.8. The lowest BCUT2D eigenvalue weighted by atomic mass is 9.80. The zero-order chi connectivity index (χ0) is 17.1. The predicted molar refractivity (Wildman–Crippen MR) is 86.1 cm³/mol. The molecular formula is C18H24N4O2. The van der Waals surface area contributed by atoms with Gasteiger partial charge in [0, 0.05) is 23.9 Å². The summed E-state index contributed by atoms with van der Waals surface area (Å²) in [7, 11) is 0. The SMILES string of the molecule is N#CCN(C(=O)C1CCCC(C(=O)N(CC#N)C2CC2)C1)C1CC1. The highest BCUT2D eigenvalue weighted by Gasteiger charge is 2.41. The fourth-order valence-electron chi connectivity index (χ4n) is 3.81. The lowest BCUT2D eigenvalue weighted by molar-refractivity contribution is -0.141. The molecule has 0 aromatic carbocycles. The molecule has 2 atom stereocenters. The minimum Gasteiger partial charge on any atom is -0.326 e. The highest BCUT2D eigenvalue weighted by molar-refractivity contribution is 5.83. The highest BCUT2D eigenvalue weighted by atomic mass is 16.2. The predicted octanol–water partition coefficient (Wildman–Crippen LogP) is 1.82. The summed E-state index contributed by atoms with van der Waals surface area (Å²) in [4.78, 5) is 29.0. The Bertz CT molecular complexity index is 533. The molecule has 24 heavy (non-hydrogen) atoms.